The minimum Gasteiger partial charge on any atom is -0.507 e. The average molecular weight is 415 g/mol. The van der Waals surface area contributed by atoms with E-state index < -0.39 is 11.1 Å². The summed E-state index contributed by atoms with van der Waals surface area (Å²) in [4.78, 5) is 26.0. The molecule has 0 unspecified atom stereocenters. The molecule has 1 aliphatic rings. The summed E-state index contributed by atoms with van der Waals surface area (Å²) in [6.07, 6.45) is 1.45. The maximum absolute atomic E-state index is 12.5. The molecule has 1 aliphatic heterocycles. The molecule has 128 valence electrons. The highest BCUT2D eigenvalue weighted by Gasteiger charge is 2.35. The largest absolute Gasteiger partial charge is 0.507 e. The van der Waals surface area contributed by atoms with Gasteiger partial charge in [0.05, 0.1) is 21.5 Å². The molecule has 2 aromatic carbocycles. The minimum atomic E-state index is -0.444. The molecule has 0 bridgehead atoms. The molecule has 8 heteroatoms. The van der Waals surface area contributed by atoms with Gasteiger partial charge in [0.2, 0.25) is 0 Å². The van der Waals surface area contributed by atoms with Crippen LogP contribution in [0.3, 0.4) is 0 Å². The number of rotatable bonds is 3. The molecule has 1 N–H and O–H groups in total. The molecule has 0 radical (unpaired) electrons. The zero-order valence-corrected chi connectivity index (χ0v) is 15.6. The summed E-state index contributed by atoms with van der Waals surface area (Å²) in [7, 11) is 0. The SMILES string of the molecule is O=C1S/C(=C\c2cc(Cl)ccc2O)C(=O)N1Cc1ccc(Cl)c(Cl)c1. The molecule has 0 aromatic heterocycles. The number of imide groups is 1. The van der Waals surface area contributed by atoms with E-state index in [9.17, 15) is 14.7 Å². The van der Waals surface area contributed by atoms with Crippen molar-refractivity contribution in [3.05, 3.63) is 67.5 Å². The van der Waals surface area contributed by atoms with E-state index in [4.69, 9.17) is 34.8 Å². The lowest BCUT2D eigenvalue weighted by atomic mass is 10.1. The highest BCUT2D eigenvalue weighted by molar-refractivity contribution is 8.18. The minimum absolute atomic E-state index is 0.0271. The summed E-state index contributed by atoms with van der Waals surface area (Å²) in [5.74, 6) is -0.471. The highest BCUT2D eigenvalue weighted by atomic mass is 35.5. The molecule has 0 atom stereocenters. The first-order valence-corrected chi connectivity index (χ1v) is 8.98. The molecule has 3 rings (SSSR count). The van der Waals surface area contributed by atoms with Crippen molar-refractivity contribution >= 4 is 63.8 Å². The molecule has 2 aromatic rings. The number of hydrogen-bond donors (Lipinski definition) is 1. The van der Waals surface area contributed by atoms with Gasteiger partial charge in [-0.3, -0.25) is 14.5 Å². The van der Waals surface area contributed by atoms with Crippen molar-refractivity contribution in [1.29, 1.82) is 0 Å². The van der Waals surface area contributed by atoms with Gasteiger partial charge in [0.25, 0.3) is 11.1 Å². The lowest BCUT2D eigenvalue weighted by molar-refractivity contribution is -0.123. The van der Waals surface area contributed by atoms with Crippen LogP contribution < -0.4 is 0 Å². The molecule has 4 nitrogen and oxygen atoms in total. The topological polar surface area (TPSA) is 57.6 Å². The van der Waals surface area contributed by atoms with Crippen LogP contribution in [0, 0.1) is 0 Å². The first-order valence-electron chi connectivity index (χ1n) is 7.03. The van der Waals surface area contributed by atoms with Gasteiger partial charge in [-0.25, -0.2) is 0 Å². The highest BCUT2D eigenvalue weighted by Crippen LogP contribution is 2.35. The van der Waals surface area contributed by atoms with Crippen LogP contribution in [0.5, 0.6) is 5.75 Å². The summed E-state index contributed by atoms with van der Waals surface area (Å²) in [5.41, 5.74) is 1.05. The predicted octanol–water partition coefficient (Wildman–Crippen LogP) is 5.59. The summed E-state index contributed by atoms with van der Waals surface area (Å²) >= 11 is 18.5. The third-order valence-electron chi connectivity index (χ3n) is 3.47. The molecule has 2 amide bonds. The molecule has 25 heavy (non-hydrogen) atoms. The molecule has 1 heterocycles. The van der Waals surface area contributed by atoms with Gasteiger partial charge in [-0.2, -0.15) is 0 Å². The number of aromatic hydroxyl groups is 1. The zero-order chi connectivity index (χ0) is 18.1. The van der Waals surface area contributed by atoms with E-state index in [2.05, 4.69) is 0 Å². The smallest absolute Gasteiger partial charge is 0.293 e. The first-order chi connectivity index (χ1) is 11.8. The van der Waals surface area contributed by atoms with Crippen molar-refractivity contribution in [2.75, 3.05) is 0 Å². The number of amides is 2. The Hall–Kier alpha value is -1.66. The summed E-state index contributed by atoms with van der Waals surface area (Å²) < 4.78 is 0. The normalized spacial score (nSPS) is 16.1. The van der Waals surface area contributed by atoms with Crippen LogP contribution >= 0.6 is 46.6 Å². The number of nitrogens with zero attached hydrogens (tertiary/aromatic N) is 1. The number of benzene rings is 2. The molecule has 1 saturated heterocycles. The van der Waals surface area contributed by atoms with Gasteiger partial charge in [0.1, 0.15) is 5.75 Å². The lowest BCUT2D eigenvalue weighted by Gasteiger charge is -2.13. The van der Waals surface area contributed by atoms with Crippen molar-refractivity contribution < 1.29 is 14.7 Å². The molecular formula is C17H10Cl3NO3S. The Bertz CT molecular complexity index is 914. The fourth-order valence-electron chi connectivity index (χ4n) is 2.24. The van der Waals surface area contributed by atoms with Crippen LogP contribution in [0.15, 0.2) is 41.3 Å². The second-order valence-electron chi connectivity index (χ2n) is 5.22. The van der Waals surface area contributed by atoms with Crippen molar-refractivity contribution in [3.8, 4) is 5.75 Å². The number of carbonyl (C=O) groups is 2. The summed E-state index contributed by atoms with van der Waals surface area (Å²) in [6.45, 7) is 0.0838. The molecule has 0 aliphatic carbocycles. The summed E-state index contributed by atoms with van der Waals surface area (Å²) in [5, 5.41) is 10.6. The number of thioether (sulfide) groups is 1. The van der Waals surface area contributed by atoms with Crippen molar-refractivity contribution in [3.63, 3.8) is 0 Å². The van der Waals surface area contributed by atoms with Gasteiger partial charge < -0.3 is 5.11 Å². The Morgan fingerprint density at radius 3 is 2.52 bits per heavy atom. The molecule has 0 spiro atoms. The van der Waals surface area contributed by atoms with Crippen LogP contribution in [0.1, 0.15) is 11.1 Å². The Kier molecular flexibility index (Phi) is 5.29. The van der Waals surface area contributed by atoms with E-state index >= 15 is 0 Å². The zero-order valence-electron chi connectivity index (χ0n) is 12.5. The average Bonchev–Trinajstić information content (AvgIpc) is 2.82. The molecule has 0 saturated carbocycles. The van der Waals surface area contributed by atoms with Crippen LogP contribution in [0.4, 0.5) is 4.79 Å². The van der Waals surface area contributed by atoms with E-state index in [-0.39, 0.29) is 17.2 Å². The number of halogens is 3. The van der Waals surface area contributed by atoms with Crippen molar-refractivity contribution in [2.45, 2.75) is 6.54 Å². The monoisotopic (exact) mass is 413 g/mol. The number of carbonyl (C=O) groups excluding carboxylic acids is 2. The van der Waals surface area contributed by atoms with E-state index in [0.717, 1.165) is 16.7 Å². The van der Waals surface area contributed by atoms with Crippen LogP contribution in [-0.2, 0) is 11.3 Å². The van der Waals surface area contributed by atoms with Crippen LogP contribution in [0.25, 0.3) is 6.08 Å². The van der Waals surface area contributed by atoms with Crippen LogP contribution in [-0.4, -0.2) is 21.2 Å². The fraction of sp³-hybridized carbons (Fsp3) is 0.0588. The predicted molar refractivity (Wildman–Crippen MR) is 101 cm³/mol. The second-order valence-corrected chi connectivity index (χ2v) is 7.46. The number of phenolic OH excluding ortho intramolecular Hbond substituents is 1. The number of hydrogen-bond acceptors (Lipinski definition) is 4. The van der Waals surface area contributed by atoms with E-state index in [1.165, 1.54) is 24.3 Å². The van der Waals surface area contributed by atoms with Gasteiger partial charge in [-0.15, -0.1) is 0 Å². The number of phenols is 1. The maximum atomic E-state index is 12.5. The van der Waals surface area contributed by atoms with E-state index in [1.807, 2.05) is 0 Å². The Labute approximate surface area is 163 Å². The van der Waals surface area contributed by atoms with E-state index in [1.54, 1.807) is 18.2 Å². The van der Waals surface area contributed by atoms with Gasteiger partial charge >= 0.3 is 0 Å². The third-order valence-corrected chi connectivity index (χ3v) is 5.36. The first kappa shape index (κ1) is 18.1. The standard InChI is InChI=1S/C17H10Cl3NO3S/c18-11-2-4-14(22)10(6-11)7-15-16(23)21(17(24)25-15)8-9-1-3-12(19)13(20)5-9/h1-7,22H,8H2/b15-7-. The molecule has 1 fully saturated rings. The Balaban J connectivity index is 1.85. The van der Waals surface area contributed by atoms with Crippen LogP contribution in [0.2, 0.25) is 15.1 Å². The Morgan fingerprint density at radius 1 is 1.04 bits per heavy atom. The maximum Gasteiger partial charge on any atom is 0.293 e. The van der Waals surface area contributed by atoms with E-state index in [0.29, 0.717) is 26.2 Å². The third kappa shape index (κ3) is 3.96. The van der Waals surface area contributed by atoms with Gasteiger partial charge in [0, 0.05) is 10.6 Å². The van der Waals surface area contributed by atoms with Crippen molar-refractivity contribution in [2.24, 2.45) is 0 Å². The van der Waals surface area contributed by atoms with Crippen molar-refractivity contribution in [1.82, 2.24) is 4.90 Å². The molecular weight excluding hydrogens is 405 g/mol. The van der Waals surface area contributed by atoms with Gasteiger partial charge in [-0.1, -0.05) is 40.9 Å². The second kappa shape index (κ2) is 7.30. The Morgan fingerprint density at radius 2 is 1.80 bits per heavy atom. The van der Waals surface area contributed by atoms with Gasteiger partial charge in [-0.05, 0) is 53.7 Å². The summed E-state index contributed by atoms with van der Waals surface area (Å²) in [6, 6.07) is 9.39. The lowest BCUT2D eigenvalue weighted by Crippen LogP contribution is -2.27. The quantitative estimate of drug-likeness (QED) is 0.665. The van der Waals surface area contributed by atoms with Gasteiger partial charge in [0.15, 0.2) is 0 Å². The fourth-order valence-corrected chi connectivity index (χ4v) is 3.57.